The molecule has 0 saturated heterocycles. The lowest BCUT2D eigenvalue weighted by Crippen LogP contribution is -2.34. The van der Waals surface area contributed by atoms with Gasteiger partial charge in [0.2, 0.25) is 6.29 Å². The van der Waals surface area contributed by atoms with Crippen LogP contribution in [-0.2, 0) is 14.3 Å². The van der Waals surface area contributed by atoms with Crippen molar-refractivity contribution >= 4 is 18.2 Å². The fourth-order valence-electron chi connectivity index (χ4n) is 2.40. The van der Waals surface area contributed by atoms with Crippen LogP contribution in [0.25, 0.3) is 0 Å². The van der Waals surface area contributed by atoms with Gasteiger partial charge in [-0.25, -0.2) is 9.59 Å². The van der Waals surface area contributed by atoms with E-state index < -0.39 is 18.5 Å². The normalized spacial score (nSPS) is 15.7. The standard InChI is InChI=1S/C15H27NO4.CH2O3/c1-11(2)9-14(17)19-12(3)20-15(18)16-10-13-7-5-4-6-8-13;2-1(3)4/h11-13H,4-10H2,1-3H3,(H,16,18);(H2,2,3,4). The third-order valence-corrected chi connectivity index (χ3v) is 3.41. The van der Waals surface area contributed by atoms with Crippen molar-refractivity contribution in [2.24, 2.45) is 11.8 Å². The van der Waals surface area contributed by atoms with Crippen molar-refractivity contribution in [1.29, 1.82) is 0 Å². The third-order valence-electron chi connectivity index (χ3n) is 3.41. The monoisotopic (exact) mass is 347 g/mol. The molecular formula is C16H29NO7. The van der Waals surface area contributed by atoms with Gasteiger partial charge in [0, 0.05) is 19.9 Å². The van der Waals surface area contributed by atoms with Crippen molar-refractivity contribution in [3.63, 3.8) is 0 Å². The summed E-state index contributed by atoms with van der Waals surface area (Å²) < 4.78 is 10.0. The van der Waals surface area contributed by atoms with Crippen LogP contribution < -0.4 is 5.32 Å². The number of esters is 1. The molecule has 1 rings (SSSR count). The number of ether oxygens (including phenoxy) is 2. The van der Waals surface area contributed by atoms with Crippen molar-refractivity contribution in [2.45, 2.75) is 65.6 Å². The van der Waals surface area contributed by atoms with Gasteiger partial charge >= 0.3 is 18.2 Å². The number of rotatable bonds is 6. The van der Waals surface area contributed by atoms with Gasteiger partial charge in [-0.3, -0.25) is 4.79 Å². The van der Waals surface area contributed by atoms with E-state index in [9.17, 15) is 9.59 Å². The predicted molar refractivity (Wildman–Crippen MR) is 86.7 cm³/mol. The zero-order chi connectivity index (χ0) is 18.5. The highest BCUT2D eigenvalue weighted by molar-refractivity contribution is 5.70. The zero-order valence-corrected chi connectivity index (χ0v) is 14.6. The molecule has 140 valence electrons. The van der Waals surface area contributed by atoms with Crippen molar-refractivity contribution in [3.8, 4) is 0 Å². The lowest BCUT2D eigenvalue weighted by molar-refractivity contribution is -0.165. The second-order valence-corrected chi connectivity index (χ2v) is 6.23. The Morgan fingerprint density at radius 3 is 2.08 bits per heavy atom. The highest BCUT2D eigenvalue weighted by Gasteiger charge is 2.17. The Hall–Kier alpha value is -1.99. The molecule has 8 heteroatoms. The number of carboxylic acid groups (broad SMARTS) is 2. The van der Waals surface area contributed by atoms with Crippen LogP contribution in [0.15, 0.2) is 0 Å². The molecule has 1 saturated carbocycles. The van der Waals surface area contributed by atoms with Gasteiger partial charge in [-0.2, -0.15) is 0 Å². The molecule has 0 radical (unpaired) electrons. The molecule has 1 unspecified atom stereocenters. The predicted octanol–water partition coefficient (Wildman–Crippen LogP) is 3.45. The highest BCUT2D eigenvalue weighted by atomic mass is 16.7. The summed E-state index contributed by atoms with van der Waals surface area (Å²) in [4.78, 5) is 31.5. The van der Waals surface area contributed by atoms with E-state index in [2.05, 4.69) is 5.32 Å². The molecule has 1 amide bonds. The molecule has 0 bridgehead atoms. The third kappa shape index (κ3) is 13.7. The van der Waals surface area contributed by atoms with Gasteiger partial charge in [0.1, 0.15) is 0 Å². The van der Waals surface area contributed by atoms with Gasteiger partial charge in [0.25, 0.3) is 0 Å². The fourth-order valence-corrected chi connectivity index (χ4v) is 2.40. The first-order chi connectivity index (χ1) is 11.2. The second-order valence-electron chi connectivity index (χ2n) is 6.23. The summed E-state index contributed by atoms with van der Waals surface area (Å²) in [5.74, 6) is 0.442. The maximum Gasteiger partial charge on any atom is 0.503 e. The molecule has 1 fully saturated rings. The Bertz CT molecular complexity index is 388. The largest absolute Gasteiger partial charge is 0.503 e. The highest BCUT2D eigenvalue weighted by Crippen LogP contribution is 2.22. The maximum absolute atomic E-state index is 11.6. The number of carbonyl (C=O) groups excluding carboxylic acids is 2. The summed E-state index contributed by atoms with van der Waals surface area (Å²) in [6.45, 7) is 6.07. The molecule has 3 N–H and O–H groups in total. The van der Waals surface area contributed by atoms with Crippen molar-refractivity contribution in [3.05, 3.63) is 0 Å². The summed E-state index contributed by atoms with van der Waals surface area (Å²) in [5.41, 5.74) is 0. The number of alkyl carbamates (subject to hydrolysis) is 1. The first kappa shape index (κ1) is 22.0. The van der Waals surface area contributed by atoms with Crippen molar-refractivity contribution in [2.75, 3.05) is 6.54 Å². The van der Waals surface area contributed by atoms with E-state index in [1.54, 1.807) is 6.92 Å². The molecule has 1 aliphatic carbocycles. The van der Waals surface area contributed by atoms with E-state index in [1.165, 1.54) is 32.1 Å². The first-order valence-corrected chi connectivity index (χ1v) is 8.26. The lowest BCUT2D eigenvalue weighted by Gasteiger charge is -2.22. The van der Waals surface area contributed by atoms with E-state index in [0.29, 0.717) is 18.9 Å². The molecule has 1 atom stereocenters. The Morgan fingerprint density at radius 2 is 1.58 bits per heavy atom. The number of nitrogens with one attached hydrogen (secondary N) is 1. The van der Waals surface area contributed by atoms with Gasteiger partial charge in [-0.1, -0.05) is 33.1 Å². The molecule has 8 nitrogen and oxygen atoms in total. The van der Waals surface area contributed by atoms with Gasteiger partial charge in [0.05, 0.1) is 0 Å². The minimum Gasteiger partial charge on any atom is -0.450 e. The van der Waals surface area contributed by atoms with Crippen LogP contribution in [0.2, 0.25) is 0 Å². The van der Waals surface area contributed by atoms with Gasteiger partial charge in [0.15, 0.2) is 0 Å². The summed E-state index contributed by atoms with van der Waals surface area (Å²) in [7, 11) is 0. The molecule has 0 heterocycles. The van der Waals surface area contributed by atoms with Crippen LogP contribution in [0.1, 0.15) is 59.3 Å². The fraction of sp³-hybridized carbons (Fsp3) is 0.812. The number of amides is 1. The minimum atomic E-state index is -1.83. The van der Waals surface area contributed by atoms with Crippen molar-refractivity contribution in [1.82, 2.24) is 5.32 Å². The smallest absolute Gasteiger partial charge is 0.450 e. The minimum absolute atomic E-state index is 0.231. The number of hydrogen-bond acceptors (Lipinski definition) is 5. The molecule has 1 aliphatic rings. The molecule has 0 aromatic rings. The van der Waals surface area contributed by atoms with E-state index in [1.807, 2.05) is 13.8 Å². The van der Waals surface area contributed by atoms with E-state index in [4.69, 9.17) is 24.5 Å². The zero-order valence-electron chi connectivity index (χ0n) is 14.6. The van der Waals surface area contributed by atoms with Crippen LogP contribution >= 0.6 is 0 Å². The summed E-state index contributed by atoms with van der Waals surface area (Å²) in [5, 5.41) is 16.7. The number of hydrogen-bond donors (Lipinski definition) is 3. The summed E-state index contributed by atoms with van der Waals surface area (Å²) in [6, 6.07) is 0. The van der Waals surface area contributed by atoms with Crippen LogP contribution in [0.5, 0.6) is 0 Å². The molecule has 0 spiro atoms. The van der Waals surface area contributed by atoms with Crippen molar-refractivity contribution < 1.29 is 34.1 Å². The van der Waals surface area contributed by atoms with Crippen LogP contribution in [0.3, 0.4) is 0 Å². The Labute approximate surface area is 142 Å². The van der Waals surface area contributed by atoms with E-state index >= 15 is 0 Å². The quantitative estimate of drug-likeness (QED) is 0.497. The van der Waals surface area contributed by atoms with Crippen LogP contribution in [0, 0.1) is 11.8 Å². The van der Waals surface area contributed by atoms with E-state index in [-0.39, 0.29) is 11.9 Å². The Balaban J connectivity index is 0.00000118. The number of carbonyl (C=O) groups is 3. The average molecular weight is 347 g/mol. The van der Waals surface area contributed by atoms with Gasteiger partial charge in [-0.15, -0.1) is 0 Å². The molecule has 24 heavy (non-hydrogen) atoms. The molecule has 0 aromatic carbocycles. The molecule has 0 aromatic heterocycles. The van der Waals surface area contributed by atoms with Gasteiger partial charge < -0.3 is 25.0 Å². The van der Waals surface area contributed by atoms with Gasteiger partial charge in [-0.05, 0) is 24.7 Å². The Morgan fingerprint density at radius 1 is 1.04 bits per heavy atom. The summed E-state index contributed by atoms with van der Waals surface area (Å²) >= 11 is 0. The maximum atomic E-state index is 11.6. The van der Waals surface area contributed by atoms with Crippen LogP contribution in [-0.4, -0.2) is 41.3 Å². The molecule has 0 aliphatic heterocycles. The van der Waals surface area contributed by atoms with Crippen LogP contribution in [0.4, 0.5) is 9.59 Å². The van der Waals surface area contributed by atoms with E-state index in [0.717, 1.165) is 0 Å². The molecular weight excluding hydrogens is 318 g/mol. The second kappa shape index (κ2) is 12.4. The SMILES string of the molecule is CC(C)CC(=O)OC(C)OC(=O)NCC1CCCCC1.O=C(O)O. The topological polar surface area (TPSA) is 122 Å². The Kier molecular flexibility index (Phi) is 11.4. The lowest BCUT2D eigenvalue weighted by atomic mass is 9.89. The first-order valence-electron chi connectivity index (χ1n) is 8.26. The summed E-state index contributed by atoms with van der Waals surface area (Å²) in [6.07, 6.45) is 3.25. The average Bonchev–Trinajstić information content (AvgIpc) is 2.44.